The first kappa shape index (κ1) is 12.5. The van der Waals surface area contributed by atoms with Gasteiger partial charge in [-0.3, -0.25) is 0 Å². The summed E-state index contributed by atoms with van der Waals surface area (Å²) >= 11 is 0. The minimum absolute atomic E-state index is 0.343. The third-order valence-corrected chi connectivity index (χ3v) is 2.66. The zero-order chi connectivity index (χ0) is 13.0. The SMILES string of the molecule is Cc1cc([C@H](C)O)ccc1OCc1ncccn1. The van der Waals surface area contributed by atoms with Gasteiger partial charge in [0.15, 0.2) is 5.82 Å². The van der Waals surface area contributed by atoms with Gasteiger partial charge in [-0.05, 0) is 43.2 Å². The molecule has 0 aliphatic rings. The minimum Gasteiger partial charge on any atom is -0.485 e. The average molecular weight is 244 g/mol. The summed E-state index contributed by atoms with van der Waals surface area (Å²) in [6.07, 6.45) is 2.92. The van der Waals surface area contributed by atoms with Crippen molar-refractivity contribution in [2.24, 2.45) is 0 Å². The van der Waals surface area contributed by atoms with Crippen LogP contribution in [0.25, 0.3) is 0 Å². The molecule has 2 rings (SSSR count). The highest BCUT2D eigenvalue weighted by atomic mass is 16.5. The zero-order valence-electron chi connectivity index (χ0n) is 10.5. The Bertz CT molecular complexity index is 512. The van der Waals surface area contributed by atoms with Crippen LogP contribution >= 0.6 is 0 Å². The number of hydrogen-bond acceptors (Lipinski definition) is 4. The van der Waals surface area contributed by atoms with Crippen molar-refractivity contribution in [3.63, 3.8) is 0 Å². The van der Waals surface area contributed by atoms with Crippen LogP contribution in [0.15, 0.2) is 36.7 Å². The molecular formula is C14H16N2O2. The lowest BCUT2D eigenvalue weighted by Crippen LogP contribution is -2.02. The third-order valence-electron chi connectivity index (χ3n) is 2.66. The van der Waals surface area contributed by atoms with Crippen LogP contribution in [0.2, 0.25) is 0 Å². The van der Waals surface area contributed by atoms with Crippen molar-refractivity contribution in [2.75, 3.05) is 0 Å². The number of nitrogens with zero attached hydrogens (tertiary/aromatic N) is 2. The normalized spacial score (nSPS) is 12.2. The first-order chi connectivity index (χ1) is 8.66. The Morgan fingerprint density at radius 3 is 2.61 bits per heavy atom. The first-order valence-electron chi connectivity index (χ1n) is 5.84. The van der Waals surface area contributed by atoms with Crippen molar-refractivity contribution in [1.29, 1.82) is 0 Å². The number of hydrogen-bond donors (Lipinski definition) is 1. The molecule has 0 saturated carbocycles. The molecule has 4 nitrogen and oxygen atoms in total. The Hall–Kier alpha value is -1.94. The van der Waals surface area contributed by atoms with Gasteiger partial charge < -0.3 is 9.84 Å². The smallest absolute Gasteiger partial charge is 0.166 e. The van der Waals surface area contributed by atoms with Gasteiger partial charge in [-0.15, -0.1) is 0 Å². The molecule has 1 aromatic carbocycles. The molecule has 1 atom stereocenters. The number of rotatable bonds is 4. The summed E-state index contributed by atoms with van der Waals surface area (Å²) in [5.74, 6) is 1.43. The summed E-state index contributed by atoms with van der Waals surface area (Å²) in [7, 11) is 0. The van der Waals surface area contributed by atoms with Crippen LogP contribution in [-0.4, -0.2) is 15.1 Å². The monoisotopic (exact) mass is 244 g/mol. The Labute approximate surface area is 106 Å². The van der Waals surface area contributed by atoms with E-state index < -0.39 is 6.10 Å². The maximum Gasteiger partial charge on any atom is 0.166 e. The van der Waals surface area contributed by atoms with E-state index in [-0.39, 0.29) is 0 Å². The van der Waals surface area contributed by atoms with E-state index in [9.17, 15) is 5.11 Å². The van der Waals surface area contributed by atoms with Crippen LogP contribution in [-0.2, 0) is 6.61 Å². The molecule has 4 heteroatoms. The van der Waals surface area contributed by atoms with Crippen LogP contribution in [0.3, 0.4) is 0 Å². The van der Waals surface area contributed by atoms with Gasteiger partial charge in [0.05, 0.1) is 6.10 Å². The second-order valence-corrected chi connectivity index (χ2v) is 4.15. The summed E-state index contributed by atoms with van der Waals surface area (Å²) in [5.41, 5.74) is 1.88. The summed E-state index contributed by atoms with van der Waals surface area (Å²) in [6.45, 7) is 4.04. The molecule has 0 saturated heterocycles. The Morgan fingerprint density at radius 1 is 1.28 bits per heavy atom. The van der Waals surface area contributed by atoms with Crippen LogP contribution in [0.4, 0.5) is 0 Å². The lowest BCUT2D eigenvalue weighted by molar-refractivity contribution is 0.199. The molecule has 1 aromatic heterocycles. The Morgan fingerprint density at radius 2 is 2.00 bits per heavy atom. The van der Waals surface area contributed by atoms with Crippen LogP contribution in [0, 0.1) is 6.92 Å². The number of benzene rings is 1. The van der Waals surface area contributed by atoms with Gasteiger partial charge in [0.25, 0.3) is 0 Å². The minimum atomic E-state index is -0.463. The highest BCUT2D eigenvalue weighted by Crippen LogP contribution is 2.23. The maximum atomic E-state index is 9.49. The number of aliphatic hydroxyl groups is 1. The summed E-state index contributed by atoms with van der Waals surface area (Å²) in [6, 6.07) is 7.41. The molecule has 18 heavy (non-hydrogen) atoms. The second kappa shape index (κ2) is 5.60. The van der Waals surface area contributed by atoms with Crippen molar-refractivity contribution in [3.05, 3.63) is 53.6 Å². The number of aromatic nitrogens is 2. The van der Waals surface area contributed by atoms with Gasteiger partial charge in [-0.1, -0.05) is 6.07 Å². The van der Waals surface area contributed by atoms with Gasteiger partial charge >= 0.3 is 0 Å². The van der Waals surface area contributed by atoms with E-state index >= 15 is 0 Å². The molecule has 0 aliphatic carbocycles. The Kier molecular flexibility index (Phi) is 3.89. The first-order valence-corrected chi connectivity index (χ1v) is 5.84. The molecule has 2 aromatic rings. The maximum absolute atomic E-state index is 9.49. The lowest BCUT2D eigenvalue weighted by Gasteiger charge is -2.11. The van der Waals surface area contributed by atoms with E-state index in [1.54, 1.807) is 25.4 Å². The molecule has 0 unspecified atom stereocenters. The standard InChI is InChI=1S/C14H16N2O2/c1-10-8-12(11(2)17)4-5-13(10)18-9-14-15-6-3-7-16-14/h3-8,11,17H,9H2,1-2H3/t11-/m0/s1. The van der Waals surface area contributed by atoms with Crippen molar-refractivity contribution in [2.45, 2.75) is 26.6 Å². The van der Waals surface area contributed by atoms with E-state index in [0.29, 0.717) is 12.4 Å². The fourth-order valence-electron chi connectivity index (χ4n) is 1.64. The molecule has 1 heterocycles. The third kappa shape index (κ3) is 3.05. The van der Waals surface area contributed by atoms with E-state index in [0.717, 1.165) is 16.9 Å². The van der Waals surface area contributed by atoms with E-state index in [1.165, 1.54) is 0 Å². The quantitative estimate of drug-likeness (QED) is 0.897. The highest BCUT2D eigenvalue weighted by molar-refractivity contribution is 5.36. The second-order valence-electron chi connectivity index (χ2n) is 4.15. The summed E-state index contributed by atoms with van der Waals surface area (Å²) in [4.78, 5) is 8.19. The van der Waals surface area contributed by atoms with Crippen LogP contribution < -0.4 is 4.74 Å². The molecule has 0 spiro atoms. The summed E-state index contributed by atoms with van der Waals surface area (Å²) in [5, 5.41) is 9.49. The molecule has 0 radical (unpaired) electrons. The fourth-order valence-corrected chi connectivity index (χ4v) is 1.64. The number of ether oxygens (including phenoxy) is 1. The molecule has 0 fully saturated rings. The van der Waals surface area contributed by atoms with Crippen molar-refractivity contribution in [3.8, 4) is 5.75 Å². The fraction of sp³-hybridized carbons (Fsp3) is 0.286. The molecule has 0 aliphatic heterocycles. The Balaban J connectivity index is 2.06. The van der Waals surface area contributed by atoms with Gasteiger partial charge in [0, 0.05) is 12.4 Å². The molecule has 94 valence electrons. The van der Waals surface area contributed by atoms with Crippen molar-refractivity contribution >= 4 is 0 Å². The number of aliphatic hydroxyl groups excluding tert-OH is 1. The average Bonchev–Trinajstić information content (AvgIpc) is 2.38. The summed E-state index contributed by atoms with van der Waals surface area (Å²) < 4.78 is 5.65. The topological polar surface area (TPSA) is 55.2 Å². The van der Waals surface area contributed by atoms with Crippen LogP contribution in [0.5, 0.6) is 5.75 Å². The van der Waals surface area contributed by atoms with Crippen molar-refractivity contribution < 1.29 is 9.84 Å². The lowest BCUT2D eigenvalue weighted by atomic mass is 10.1. The van der Waals surface area contributed by atoms with Gasteiger partial charge in [-0.2, -0.15) is 0 Å². The van der Waals surface area contributed by atoms with Crippen LogP contribution in [0.1, 0.15) is 30.0 Å². The molecular weight excluding hydrogens is 228 g/mol. The largest absolute Gasteiger partial charge is 0.485 e. The predicted octanol–water partition coefficient (Wildman–Crippen LogP) is 2.42. The van der Waals surface area contributed by atoms with Gasteiger partial charge in [0.2, 0.25) is 0 Å². The van der Waals surface area contributed by atoms with Crippen molar-refractivity contribution in [1.82, 2.24) is 9.97 Å². The zero-order valence-corrected chi connectivity index (χ0v) is 10.5. The molecule has 0 bridgehead atoms. The van der Waals surface area contributed by atoms with E-state index in [2.05, 4.69) is 9.97 Å². The van der Waals surface area contributed by atoms with E-state index in [1.807, 2.05) is 25.1 Å². The predicted molar refractivity (Wildman–Crippen MR) is 68.2 cm³/mol. The van der Waals surface area contributed by atoms with Gasteiger partial charge in [-0.25, -0.2) is 9.97 Å². The highest BCUT2D eigenvalue weighted by Gasteiger charge is 2.05. The van der Waals surface area contributed by atoms with E-state index in [4.69, 9.17) is 4.74 Å². The van der Waals surface area contributed by atoms with Gasteiger partial charge in [0.1, 0.15) is 12.4 Å². The molecule has 0 amide bonds. The molecule has 1 N–H and O–H groups in total. The number of aryl methyl sites for hydroxylation is 1.